The molecular weight excluding hydrogens is 468 g/mol. The molecule has 2 aromatic carbocycles. The first kappa shape index (κ1) is 21.3. The Morgan fingerprint density at radius 2 is 1.94 bits per heavy atom. The van der Waals surface area contributed by atoms with Crippen molar-refractivity contribution in [2.24, 2.45) is 0 Å². The van der Waals surface area contributed by atoms with E-state index < -0.39 is 12.2 Å². The fourth-order valence-corrected chi connectivity index (χ4v) is 4.46. The van der Waals surface area contributed by atoms with Crippen LogP contribution in [0.2, 0.25) is 0 Å². The van der Waals surface area contributed by atoms with E-state index in [1.807, 2.05) is 11.5 Å². The largest absolute Gasteiger partial charge is 0.573 e. The van der Waals surface area contributed by atoms with Gasteiger partial charge in [-0.1, -0.05) is 12.1 Å². The van der Waals surface area contributed by atoms with Crippen LogP contribution in [0, 0.1) is 12.7 Å². The number of nitrogens with zero attached hydrogens (tertiary/aromatic N) is 6. The molecular formula is C23H16F4N6O2. The maximum absolute atomic E-state index is 14.4. The average molecular weight is 484 g/mol. The molecule has 8 nitrogen and oxygen atoms in total. The molecule has 0 saturated heterocycles. The van der Waals surface area contributed by atoms with Gasteiger partial charge in [-0.2, -0.15) is 4.98 Å². The lowest BCUT2D eigenvalue weighted by atomic mass is 10.00. The monoisotopic (exact) mass is 484 g/mol. The average Bonchev–Trinajstić information content (AvgIpc) is 3.37. The van der Waals surface area contributed by atoms with E-state index in [4.69, 9.17) is 4.74 Å². The van der Waals surface area contributed by atoms with Gasteiger partial charge in [-0.25, -0.2) is 19.3 Å². The molecule has 178 valence electrons. The van der Waals surface area contributed by atoms with Crippen LogP contribution in [-0.2, 0) is 0 Å². The topological polar surface area (TPSA) is 79.9 Å². The van der Waals surface area contributed by atoms with Crippen LogP contribution in [0.5, 0.6) is 11.5 Å². The Balaban J connectivity index is 1.49. The highest BCUT2D eigenvalue weighted by Crippen LogP contribution is 2.38. The van der Waals surface area contributed by atoms with Gasteiger partial charge in [-0.15, -0.1) is 13.2 Å². The van der Waals surface area contributed by atoms with E-state index in [0.717, 1.165) is 0 Å². The van der Waals surface area contributed by atoms with E-state index in [1.54, 1.807) is 12.1 Å². The standard InChI is InChI=1S/C23H16F4N6O2/c1-12-30-17-10-28-22(32-11-29-16-6-5-13(9-19(16)32)35-23(25,26)27)31-21(17)33(12)18-7-8-34-20-14(18)3-2-4-15(20)24/h2-6,9-11,18H,7-8H2,1H3. The van der Waals surface area contributed by atoms with Crippen LogP contribution < -0.4 is 9.47 Å². The van der Waals surface area contributed by atoms with Gasteiger partial charge in [0.25, 0.3) is 0 Å². The maximum Gasteiger partial charge on any atom is 0.573 e. The first-order chi connectivity index (χ1) is 16.8. The van der Waals surface area contributed by atoms with Crippen LogP contribution in [0.3, 0.4) is 0 Å². The molecule has 1 aliphatic rings. The van der Waals surface area contributed by atoms with Gasteiger partial charge < -0.3 is 14.0 Å². The van der Waals surface area contributed by atoms with Gasteiger partial charge in [0.2, 0.25) is 5.95 Å². The molecule has 0 bridgehead atoms. The third kappa shape index (κ3) is 3.61. The molecule has 0 radical (unpaired) electrons. The van der Waals surface area contributed by atoms with Crippen molar-refractivity contribution in [3.05, 3.63) is 66.1 Å². The van der Waals surface area contributed by atoms with Crippen LogP contribution >= 0.6 is 0 Å². The first-order valence-corrected chi connectivity index (χ1v) is 10.6. The van der Waals surface area contributed by atoms with Crippen molar-refractivity contribution in [3.8, 4) is 17.4 Å². The number of alkyl halides is 3. The van der Waals surface area contributed by atoms with Gasteiger partial charge in [-0.3, -0.25) is 4.57 Å². The molecule has 35 heavy (non-hydrogen) atoms. The highest BCUT2D eigenvalue weighted by atomic mass is 19.4. The second kappa shape index (κ2) is 7.65. The molecule has 6 rings (SSSR count). The number of hydrogen-bond donors (Lipinski definition) is 0. The van der Waals surface area contributed by atoms with Crippen LogP contribution in [0.1, 0.15) is 23.9 Å². The third-order valence-electron chi connectivity index (χ3n) is 5.87. The summed E-state index contributed by atoms with van der Waals surface area (Å²) in [6.45, 7) is 2.15. The number of fused-ring (bicyclic) bond motifs is 3. The minimum absolute atomic E-state index is 0.192. The molecule has 0 fully saturated rings. The number of hydrogen-bond acceptors (Lipinski definition) is 6. The van der Waals surface area contributed by atoms with Crippen LogP contribution in [0.25, 0.3) is 28.1 Å². The molecule has 1 unspecified atom stereocenters. The van der Waals surface area contributed by atoms with Crippen molar-refractivity contribution in [1.29, 1.82) is 0 Å². The van der Waals surface area contributed by atoms with Gasteiger partial charge in [0.05, 0.1) is 29.9 Å². The van der Waals surface area contributed by atoms with Crippen molar-refractivity contribution in [3.63, 3.8) is 0 Å². The predicted octanol–water partition coefficient (Wildman–Crippen LogP) is 4.88. The van der Waals surface area contributed by atoms with Gasteiger partial charge in [-0.05, 0) is 25.1 Å². The minimum atomic E-state index is -4.82. The van der Waals surface area contributed by atoms with Crippen molar-refractivity contribution < 1.29 is 27.0 Å². The second-order valence-corrected chi connectivity index (χ2v) is 8.03. The summed E-state index contributed by atoms with van der Waals surface area (Å²) in [7, 11) is 0. The molecule has 0 saturated carbocycles. The zero-order valence-electron chi connectivity index (χ0n) is 18.1. The number of para-hydroxylation sites is 1. The van der Waals surface area contributed by atoms with Gasteiger partial charge in [0, 0.05) is 18.1 Å². The Labute approximate surface area is 194 Å². The lowest BCUT2D eigenvalue weighted by Gasteiger charge is -2.28. The van der Waals surface area contributed by atoms with Crippen molar-refractivity contribution in [2.75, 3.05) is 6.61 Å². The normalized spacial score (nSPS) is 15.9. The first-order valence-electron chi connectivity index (χ1n) is 10.6. The van der Waals surface area contributed by atoms with E-state index in [0.29, 0.717) is 46.6 Å². The molecule has 5 aromatic rings. The molecule has 0 aliphatic carbocycles. The number of imidazole rings is 2. The fourth-order valence-electron chi connectivity index (χ4n) is 4.46. The molecule has 0 N–H and O–H groups in total. The van der Waals surface area contributed by atoms with E-state index in [9.17, 15) is 17.6 Å². The fraction of sp³-hybridized carbons (Fsp3) is 0.217. The van der Waals surface area contributed by atoms with E-state index in [2.05, 4.69) is 24.7 Å². The van der Waals surface area contributed by atoms with Crippen molar-refractivity contribution in [2.45, 2.75) is 25.7 Å². The van der Waals surface area contributed by atoms with Crippen molar-refractivity contribution >= 4 is 22.2 Å². The summed E-state index contributed by atoms with van der Waals surface area (Å²) in [5.74, 6) is 0.236. The lowest BCUT2D eigenvalue weighted by molar-refractivity contribution is -0.274. The number of ether oxygens (including phenoxy) is 2. The predicted molar refractivity (Wildman–Crippen MR) is 116 cm³/mol. The lowest BCUT2D eigenvalue weighted by Crippen LogP contribution is -2.22. The van der Waals surface area contributed by atoms with Crippen LogP contribution in [0.15, 0.2) is 48.9 Å². The SMILES string of the molecule is Cc1nc2cnc(-n3cnc4ccc(OC(F)(F)F)cc43)nc2n1C1CCOc2c(F)cccc21. The van der Waals surface area contributed by atoms with E-state index in [-0.39, 0.29) is 23.5 Å². The highest BCUT2D eigenvalue weighted by molar-refractivity contribution is 5.79. The summed E-state index contributed by atoms with van der Waals surface area (Å²) in [5.41, 5.74) is 2.50. The maximum atomic E-state index is 14.4. The summed E-state index contributed by atoms with van der Waals surface area (Å²) < 4.78 is 65.5. The summed E-state index contributed by atoms with van der Waals surface area (Å²) in [5, 5.41) is 0. The van der Waals surface area contributed by atoms with Crippen LogP contribution in [-0.4, -0.2) is 42.0 Å². The number of halogens is 4. The molecule has 0 amide bonds. The number of aryl methyl sites for hydroxylation is 1. The van der Waals surface area contributed by atoms with Crippen LogP contribution in [0.4, 0.5) is 17.6 Å². The Bertz CT molecular complexity index is 1590. The Hall–Kier alpha value is -4.22. The number of rotatable bonds is 3. The molecule has 1 atom stereocenters. The third-order valence-corrected chi connectivity index (χ3v) is 5.87. The number of aromatic nitrogens is 6. The molecule has 0 spiro atoms. The van der Waals surface area contributed by atoms with E-state index >= 15 is 0 Å². The van der Waals surface area contributed by atoms with Gasteiger partial charge in [0.1, 0.15) is 23.4 Å². The van der Waals surface area contributed by atoms with Crippen molar-refractivity contribution in [1.82, 2.24) is 29.1 Å². The van der Waals surface area contributed by atoms with E-state index in [1.165, 1.54) is 41.4 Å². The summed E-state index contributed by atoms with van der Waals surface area (Å²) in [6.07, 6.45) is -1.28. The second-order valence-electron chi connectivity index (χ2n) is 8.03. The molecule has 1 aliphatic heterocycles. The molecule has 3 aromatic heterocycles. The minimum Gasteiger partial charge on any atom is -0.490 e. The van der Waals surface area contributed by atoms with Gasteiger partial charge >= 0.3 is 6.36 Å². The Kier molecular flexibility index (Phi) is 4.66. The van der Waals surface area contributed by atoms with Gasteiger partial charge in [0.15, 0.2) is 17.2 Å². The smallest absolute Gasteiger partial charge is 0.490 e. The summed E-state index contributed by atoms with van der Waals surface area (Å²) >= 11 is 0. The zero-order valence-corrected chi connectivity index (χ0v) is 18.1. The zero-order chi connectivity index (χ0) is 24.3. The molecule has 12 heteroatoms. The summed E-state index contributed by atoms with van der Waals surface area (Å²) in [6, 6.07) is 8.35. The Morgan fingerprint density at radius 1 is 1.09 bits per heavy atom. The quantitative estimate of drug-likeness (QED) is 0.340. The Morgan fingerprint density at radius 3 is 2.77 bits per heavy atom. The highest BCUT2D eigenvalue weighted by Gasteiger charge is 2.31. The summed E-state index contributed by atoms with van der Waals surface area (Å²) in [4.78, 5) is 17.8. The number of benzene rings is 2. The molecule has 4 heterocycles.